The quantitative estimate of drug-likeness (QED) is 0.524. The Morgan fingerprint density at radius 2 is 1.54 bits per heavy atom. The van der Waals surface area contributed by atoms with E-state index in [1.54, 1.807) is 7.11 Å². The van der Waals surface area contributed by atoms with E-state index in [2.05, 4.69) is 48.8 Å². The molecule has 3 aliphatic heterocycles. The molecule has 0 radical (unpaired) electrons. The first-order chi connectivity index (χ1) is 16.9. The molecule has 2 aromatic rings. The minimum absolute atomic E-state index is 0.432. The molecular weight excluding hydrogens is 436 g/mol. The summed E-state index contributed by atoms with van der Waals surface area (Å²) in [6.45, 7) is 12.5. The summed E-state index contributed by atoms with van der Waals surface area (Å²) in [7, 11) is 1.70. The van der Waals surface area contributed by atoms with Crippen LogP contribution < -0.4 is 9.47 Å². The summed E-state index contributed by atoms with van der Waals surface area (Å²) in [6, 6.07) is 10.5. The van der Waals surface area contributed by atoms with E-state index in [9.17, 15) is 5.11 Å². The van der Waals surface area contributed by atoms with Crippen LogP contribution in [0.2, 0.25) is 0 Å². The second kappa shape index (κ2) is 9.87. The third-order valence-electron chi connectivity index (χ3n) is 7.92. The fraction of sp³-hybridized carbons (Fsp3) is 0.533. The van der Waals surface area contributed by atoms with Crippen molar-refractivity contribution in [2.75, 3.05) is 33.3 Å². The summed E-state index contributed by atoms with van der Waals surface area (Å²) >= 11 is 0. The van der Waals surface area contributed by atoms with Crippen molar-refractivity contribution in [2.45, 2.75) is 71.6 Å². The number of hydrogen-bond donors (Lipinski definition) is 1. The number of aromatic hydroxyl groups is 1. The maximum atomic E-state index is 11.6. The van der Waals surface area contributed by atoms with Crippen molar-refractivity contribution < 1.29 is 14.6 Å². The molecule has 2 fully saturated rings. The maximum absolute atomic E-state index is 11.6. The van der Waals surface area contributed by atoms with Crippen LogP contribution in [-0.2, 0) is 13.1 Å². The molecule has 0 amide bonds. The van der Waals surface area contributed by atoms with Gasteiger partial charge in [-0.15, -0.1) is 0 Å². The molecule has 0 spiro atoms. The monoisotopic (exact) mass is 476 g/mol. The molecule has 0 saturated carbocycles. The van der Waals surface area contributed by atoms with Gasteiger partial charge < -0.3 is 14.6 Å². The summed E-state index contributed by atoms with van der Waals surface area (Å²) in [5, 5.41) is 11.6. The van der Waals surface area contributed by atoms with E-state index in [1.165, 1.54) is 36.8 Å². The third-order valence-corrected chi connectivity index (χ3v) is 7.92. The van der Waals surface area contributed by atoms with E-state index < -0.39 is 5.60 Å². The van der Waals surface area contributed by atoms with Gasteiger partial charge in [-0.25, -0.2) is 0 Å². The standard InChI is InChI=1S/C30H40N2O3/c1-5-24-25-18-22(19-31-14-6-7-15-31)28(33)26(20-32-16-8-9-17-32)29(25)35-30(2,3)27(24)21-10-12-23(34-4)13-11-21/h10-13,18,33H,5-9,14-17,19-20H2,1-4H3. The lowest BCUT2D eigenvalue weighted by molar-refractivity contribution is 0.163. The van der Waals surface area contributed by atoms with Gasteiger partial charge in [0.05, 0.1) is 12.7 Å². The van der Waals surface area contributed by atoms with Crippen LogP contribution in [0.15, 0.2) is 30.3 Å². The first-order valence-corrected chi connectivity index (χ1v) is 13.3. The SMILES string of the molecule is CCC1=C(c2ccc(OC)cc2)C(C)(C)Oc2c1cc(CN1CCCC1)c(O)c2CN1CCCC1. The molecule has 5 rings (SSSR count). The summed E-state index contributed by atoms with van der Waals surface area (Å²) in [5.41, 5.74) is 6.32. The predicted octanol–water partition coefficient (Wildman–Crippen LogP) is 6.08. The van der Waals surface area contributed by atoms with Gasteiger partial charge in [0.1, 0.15) is 22.8 Å². The van der Waals surface area contributed by atoms with Crippen molar-refractivity contribution in [3.05, 3.63) is 52.6 Å². The van der Waals surface area contributed by atoms with Crippen LogP contribution in [0, 0.1) is 0 Å². The van der Waals surface area contributed by atoms with E-state index in [0.29, 0.717) is 5.75 Å². The van der Waals surface area contributed by atoms with Crippen LogP contribution in [0.4, 0.5) is 0 Å². The minimum atomic E-state index is -0.518. The highest BCUT2D eigenvalue weighted by molar-refractivity contribution is 5.98. The fourth-order valence-corrected chi connectivity index (χ4v) is 6.18. The number of rotatable bonds is 7. The molecule has 0 unspecified atom stereocenters. The zero-order valence-electron chi connectivity index (χ0n) is 21.8. The van der Waals surface area contributed by atoms with Crippen LogP contribution in [0.1, 0.15) is 75.1 Å². The molecule has 3 aliphatic rings. The fourth-order valence-electron chi connectivity index (χ4n) is 6.18. The Balaban J connectivity index is 1.67. The number of nitrogens with zero attached hydrogens (tertiary/aromatic N) is 2. The number of fused-ring (bicyclic) bond motifs is 1. The van der Waals surface area contributed by atoms with Crippen molar-refractivity contribution in [1.82, 2.24) is 9.80 Å². The van der Waals surface area contributed by atoms with E-state index in [4.69, 9.17) is 9.47 Å². The van der Waals surface area contributed by atoms with Gasteiger partial charge in [0.25, 0.3) is 0 Å². The number of allylic oxidation sites excluding steroid dienone is 1. The lowest BCUT2D eigenvalue weighted by Gasteiger charge is -2.39. The molecule has 5 nitrogen and oxygen atoms in total. The Morgan fingerprint density at radius 3 is 2.11 bits per heavy atom. The summed E-state index contributed by atoms with van der Waals surface area (Å²) in [5.74, 6) is 2.16. The van der Waals surface area contributed by atoms with Gasteiger partial charge in [-0.1, -0.05) is 19.1 Å². The molecule has 188 valence electrons. The molecule has 0 aliphatic carbocycles. The zero-order valence-corrected chi connectivity index (χ0v) is 21.8. The molecule has 0 bridgehead atoms. The van der Waals surface area contributed by atoms with Crippen LogP contribution in [-0.4, -0.2) is 53.8 Å². The lowest BCUT2D eigenvalue weighted by Crippen LogP contribution is -2.35. The van der Waals surface area contributed by atoms with Crippen LogP contribution in [0.3, 0.4) is 0 Å². The van der Waals surface area contributed by atoms with E-state index >= 15 is 0 Å². The minimum Gasteiger partial charge on any atom is -0.507 e. The number of methoxy groups -OCH3 is 1. The van der Waals surface area contributed by atoms with Crippen molar-refractivity contribution in [2.24, 2.45) is 0 Å². The number of benzene rings is 2. The lowest BCUT2D eigenvalue weighted by atomic mass is 9.79. The van der Waals surface area contributed by atoms with Crippen LogP contribution in [0.25, 0.3) is 11.1 Å². The normalized spacial score (nSPS) is 20.2. The van der Waals surface area contributed by atoms with Crippen molar-refractivity contribution in [3.8, 4) is 17.2 Å². The molecular formula is C30H40N2O3. The van der Waals surface area contributed by atoms with Gasteiger partial charge in [-0.05, 0) is 101 Å². The first kappa shape index (κ1) is 24.2. The number of phenols is 1. The Kier molecular flexibility index (Phi) is 6.82. The van der Waals surface area contributed by atoms with Crippen LogP contribution in [0.5, 0.6) is 17.2 Å². The number of likely N-dealkylation sites (tertiary alicyclic amines) is 2. The summed E-state index contributed by atoms with van der Waals surface area (Å²) in [4.78, 5) is 4.92. The number of hydrogen-bond acceptors (Lipinski definition) is 5. The van der Waals surface area contributed by atoms with Crippen molar-refractivity contribution >= 4 is 11.1 Å². The Labute approximate surface area is 210 Å². The van der Waals surface area contributed by atoms with Crippen LogP contribution >= 0.6 is 0 Å². The topological polar surface area (TPSA) is 45.2 Å². The molecule has 0 atom stereocenters. The average Bonchev–Trinajstić information content (AvgIpc) is 3.56. The number of ether oxygens (including phenoxy) is 2. The van der Waals surface area contributed by atoms with Crippen molar-refractivity contribution in [3.63, 3.8) is 0 Å². The third kappa shape index (κ3) is 4.68. The molecule has 2 saturated heterocycles. The summed E-state index contributed by atoms with van der Waals surface area (Å²) in [6.07, 6.45) is 5.84. The molecule has 1 N–H and O–H groups in total. The molecule has 35 heavy (non-hydrogen) atoms. The Hall–Kier alpha value is -2.50. The highest BCUT2D eigenvalue weighted by Gasteiger charge is 2.38. The smallest absolute Gasteiger partial charge is 0.136 e. The second-order valence-corrected chi connectivity index (χ2v) is 10.8. The zero-order chi connectivity index (χ0) is 24.6. The largest absolute Gasteiger partial charge is 0.507 e. The van der Waals surface area contributed by atoms with E-state index in [0.717, 1.165) is 79.4 Å². The highest BCUT2D eigenvalue weighted by Crippen LogP contribution is 2.51. The van der Waals surface area contributed by atoms with E-state index in [-0.39, 0.29) is 0 Å². The average molecular weight is 477 g/mol. The Morgan fingerprint density at radius 1 is 0.943 bits per heavy atom. The Bertz CT molecular complexity index is 1090. The van der Waals surface area contributed by atoms with Crippen molar-refractivity contribution in [1.29, 1.82) is 0 Å². The second-order valence-electron chi connectivity index (χ2n) is 10.8. The van der Waals surface area contributed by atoms with Gasteiger partial charge in [-0.3, -0.25) is 9.80 Å². The van der Waals surface area contributed by atoms with Gasteiger partial charge in [0.2, 0.25) is 0 Å². The molecule has 0 aromatic heterocycles. The maximum Gasteiger partial charge on any atom is 0.136 e. The van der Waals surface area contributed by atoms with Gasteiger partial charge in [-0.2, -0.15) is 0 Å². The predicted molar refractivity (Wildman–Crippen MR) is 142 cm³/mol. The summed E-state index contributed by atoms with van der Waals surface area (Å²) < 4.78 is 12.2. The highest BCUT2D eigenvalue weighted by atomic mass is 16.5. The number of phenolic OH excluding ortho intramolecular Hbond substituents is 1. The van der Waals surface area contributed by atoms with E-state index in [1.807, 2.05) is 12.1 Å². The van der Waals surface area contributed by atoms with Gasteiger partial charge in [0, 0.05) is 29.8 Å². The first-order valence-electron chi connectivity index (χ1n) is 13.3. The van der Waals surface area contributed by atoms with Gasteiger partial charge >= 0.3 is 0 Å². The molecule has 2 aromatic carbocycles. The van der Waals surface area contributed by atoms with Gasteiger partial charge in [0.15, 0.2) is 0 Å². The molecule has 3 heterocycles. The molecule has 5 heteroatoms.